The van der Waals surface area contributed by atoms with Crippen molar-refractivity contribution in [1.29, 1.82) is 0 Å². The Labute approximate surface area is 108 Å². The molecule has 0 aliphatic rings. The van der Waals surface area contributed by atoms with Crippen LogP contribution in [0.4, 0.5) is 5.69 Å². The van der Waals surface area contributed by atoms with E-state index in [2.05, 4.69) is 14.9 Å². The minimum atomic E-state index is -3.70. The summed E-state index contributed by atoms with van der Waals surface area (Å²) in [5.74, 6) is 0. The topological polar surface area (TPSA) is 74.8 Å². The Hall–Kier alpha value is -1.24. The highest BCUT2D eigenvalue weighted by molar-refractivity contribution is 7.92. The van der Waals surface area contributed by atoms with Crippen molar-refractivity contribution in [2.75, 3.05) is 4.72 Å². The van der Waals surface area contributed by atoms with Crippen LogP contribution in [0.1, 0.15) is 0 Å². The summed E-state index contributed by atoms with van der Waals surface area (Å²) < 4.78 is 26.0. The van der Waals surface area contributed by atoms with Gasteiger partial charge in [-0.1, -0.05) is 23.2 Å². The summed E-state index contributed by atoms with van der Waals surface area (Å²) in [5.41, 5.74) is 0.255. The van der Waals surface area contributed by atoms with E-state index in [1.54, 1.807) is 0 Å². The Morgan fingerprint density at radius 2 is 2.00 bits per heavy atom. The standard InChI is InChI=1S/C9H7Cl2N3O2S/c10-6-1-2-8(7(11)5-6)14-17(15,16)9-3-4-12-13-9/h1-5,14H,(H,12,13). The first-order chi connectivity index (χ1) is 7.99. The number of sulfonamides is 1. The molecule has 0 unspecified atom stereocenters. The molecule has 1 aromatic carbocycles. The second-order valence-electron chi connectivity index (χ2n) is 3.15. The molecule has 0 bridgehead atoms. The van der Waals surface area contributed by atoms with Gasteiger partial charge in [-0.25, -0.2) is 0 Å². The van der Waals surface area contributed by atoms with Crippen LogP contribution in [0.3, 0.4) is 0 Å². The molecule has 2 N–H and O–H groups in total. The monoisotopic (exact) mass is 291 g/mol. The molecule has 90 valence electrons. The Kier molecular flexibility index (Phi) is 3.28. The summed E-state index contributed by atoms with van der Waals surface area (Å²) in [6, 6.07) is 5.82. The second kappa shape index (κ2) is 4.56. The van der Waals surface area contributed by atoms with Gasteiger partial charge in [-0.2, -0.15) is 13.5 Å². The lowest BCUT2D eigenvalue weighted by atomic mass is 10.3. The molecule has 0 aliphatic heterocycles. The van der Waals surface area contributed by atoms with Crippen molar-refractivity contribution in [3.8, 4) is 0 Å². The van der Waals surface area contributed by atoms with Crippen LogP contribution in [0, 0.1) is 0 Å². The highest BCUT2D eigenvalue weighted by Gasteiger charge is 2.16. The predicted molar refractivity (Wildman–Crippen MR) is 65.9 cm³/mol. The number of anilines is 1. The molecule has 0 atom stereocenters. The number of benzene rings is 1. The van der Waals surface area contributed by atoms with Crippen LogP contribution < -0.4 is 4.72 Å². The Bertz CT molecular complexity index is 626. The van der Waals surface area contributed by atoms with Crippen LogP contribution in [0.15, 0.2) is 35.5 Å². The second-order valence-corrected chi connectivity index (χ2v) is 5.65. The first-order valence-corrected chi connectivity index (χ1v) is 6.70. The third kappa shape index (κ3) is 2.71. The van der Waals surface area contributed by atoms with E-state index < -0.39 is 10.0 Å². The van der Waals surface area contributed by atoms with E-state index in [0.717, 1.165) is 0 Å². The Balaban J connectivity index is 2.33. The molecule has 5 nitrogen and oxygen atoms in total. The third-order valence-electron chi connectivity index (χ3n) is 1.94. The molecule has 0 radical (unpaired) electrons. The largest absolute Gasteiger partial charge is 0.278 e. The highest BCUT2D eigenvalue weighted by atomic mass is 35.5. The fourth-order valence-electron chi connectivity index (χ4n) is 1.16. The van der Waals surface area contributed by atoms with Gasteiger partial charge in [-0.15, -0.1) is 0 Å². The lowest BCUT2D eigenvalue weighted by Gasteiger charge is -2.07. The zero-order valence-electron chi connectivity index (χ0n) is 8.31. The van der Waals surface area contributed by atoms with Gasteiger partial charge in [0.05, 0.1) is 16.9 Å². The molecule has 0 amide bonds. The van der Waals surface area contributed by atoms with Crippen molar-refractivity contribution in [1.82, 2.24) is 10.2 Å². The summed E-state index contributed by atoms with van der Waals surface area (Å²) >= 11 is 11.6. The van der Waals surface area contributed by atoms with Crippen molar-refractivity contribution >= 4 is 38.9 Å². The molecule has 0 spiro atoms. The molecular weight excluding hydrogens is 285 g/mol. The van der Waals surface area contributed by atoms with E-state index in [0.29, 0.717) is 5.02 Å². The maximum Gasteiger partial charge on any atom is 0.278 e. The van der Waals surface area contributed by atoms with E-state index in [9.17, 15) is 8.42 Å². The van der Waals surface area contributed by atoms with Gasteiger partial charge in [0, 0.05) is 5.02 Å². The van der Waals surface area contributed by atoms with Crippen LogP contribution in [-0.2, 0) is 10.0 Å². The van der Waals surface area contributed by atoms with E-state index in [1.165, 1.54) is 30.5 Å². The average molecular weight is 292 g/mol. The minimum absolute atomic E-state index is 0.0384. The summed E-state index contributed by atoms with van der Waals surface area (Å²) in [5, 5.41) is 6.54. The van der Waals surface area contributed by atoms with Gasteiger partial charge in [0.1, 0.15) is 0 Å². The number of rotatable bonds is 3. The number of halogens is 2. The van der Waals surface area contributed by atoms with Crippen molar-refractivity contribution in [2.45, 2.75) is 5.03 Å². The molecule has 1 aromatic heterocycles. The van der Waals surface area contributed by atoms with Gasteiger partial charge in [-0.3, -0.25) is 9.82 Å². The van der Waals surface area contributed by atoms with Gasteiger partial charge >= 0.3 is 0 Å². The maximum absolute atomic E-state index is 11.8. The van der Waals surface area contributed by atoms with Crippen LogP contribution in [0.5, 0.6) is 0 Å². The van der Waals surface area contributed by atoms with E-state index in [-0.39, 0.29) is 15.7 Å². The lowest BCUT2D eigenvalue weighted by molar-refractivity contribution is 0.597. The molecule has 0 aliphatic carbocycles. The summed E-state index contributed by atoms with van der Waals surface area (Å²) in [6.45, 7) is 0. The summed E-state index contributed by atoms with van der Waals surface area (Å²) in [7, 11) is -3.70. The van der Waals surface area contributed by atoms with Gasteiger partial charge in [-0.05, 0) is 24.3 Å². The summed E-state index contributed by atoms with van der Waals surface area (Å²) in [6.07, 6.45) is 1.35. The zero-order chi connectivity index (χ0) is 12.5. The zero-order valence-corrected chi connectivity index (χ0v) is 10.6. The first kappa shape index (κ1) is 12.2. The molecular formula is C9H7Cl2N3O2S. The van der Waals surface area contributed by atoms with Crippen molar-refractivity contribution < 1.29 is 8.42 Å². The molecule has 0 saturated heterocycles. The average Bonchev–Trinajstić information content (AvgIpc) is 2.76. The van der Waals surface area contributed by atoms with Crippen LogP contribution >= 0.6 is 23.2 Å². The molecule has 1 heterocycles. The molecule has 2 rings (SSSR count). The van der Waals surface area contributed by atoms with Gasteiger partial charge in [0.2, 0.25) is 0 Å². The van der Waals surface area contributed by atoms with Crippen molar-refractivity contribution in [3.05, 3.63) is 40.5 Å². The molecule has 2 aromatic rings. The Morgan fingerprint density at radius 1 is 1.24 bits per heavy atom. The van der Waals surface area contributed by atoms with Gasteiger partial charge < -0.3 is 0 Å². The van der Waals surface area contributed by atoms with Gasteiger partial charge in [0.25, 0.3) is 10.0 Å². The fraction of sp³-hybridized carbons (Fsp3) is 0. The first-order valence-electron chi connectivity index (χ1n) is 4.46. The normalized spacial score (nSPS) is 11.4. The smallest absolute Gasteiger partial charge is 0.277 e. The highest BCUT2D eigenvalue weighted by Crippen LogP contribution is 2.27. The minimum Gasteiger partial charge on any atom is -0.277 e. The third-order valence-corrected chi connectivity index (χ3v) is 3.78. The van der Waals surface area contributed by atoms with Gasteiger partial charge in [0.15, 0.2) is 5.03 Å². The van der Waals surface area contributed by atoms with Crippen molar-refractivity contribution in [3.63, 3.8) is 0 Å². The van der Waals surface area contributed by atoms with E-state index in [4.69, 9.17) is 23.2 Å². The summed E-state index contributed by atoms with van der Waals surface area (Å²) in [4.78, 5) is 0. The number of hydrogen-bond acceptors (Lipinski definition) is 3. The number of aromatic amines is 1. The SMILES string of the molecule is O=S(=O)(Nc1ccc(Cl)cc1Cl)c1ccn[nH]1. The number of aromatic nitrogens is 2. The predicted octanol–water partition coefficient (Wildman–Crippen LogP) is 2.52. The van der Waals surface area contributed by atoms with Crippen LogP contribution in [0.2, 0.25) is 10.0 Å². The number of nitrogens with zero attached hydrogens (tertiary/aromatic N) is 1. The van der Waals surface area contributed by atoms with Crippen LogP contribution in [0.25, 0.3) is 0 Å². The molecule has 8 heteroatoms. The van der Waals surface area contributed by atoms with Crippen LogP contribution in [-0.4, -0.2) is 18.6 Å². The van der Waals surface area contributed by atoms with E-state index >= 15 is 0 Å². The van der Waals surface area contributed by atoms with E-state index in [1.807, 2.05) is 0 Å². The molecule has 0 saturated carbocycles. The number of H-pyrrole nitrogens is 1. The molecule has 17 heavy (non-hydrogen) atoms. The van der Waals surface area contributed by atoms with Crippen molar-refractivity contribution in [2.24, 2.45) is 0 Å². The Morgan fingerprint density at radius 3 is 2.59 bits per heavy atom. The quantitative estimate of drug-likeness (QED) is 0.912. The molecule has 0 fully saturated rings. The maximum atomic E-state index is 11.8. The number of nitrogens with one attached hydrogen (secondary N) is 2. The lowest BCUT2D eigenvalue weighted by Crippen LogP contribution is -2.13. The number of hydrogen-bond donors (Lipinski definition) is 2. The fourth-order valence-corrected chi connectivity index (χ4v) is 2.67.